The van der Waals surface area contributed by atoms with Crippen LogP contribution in [0.3, 0.4) is 0 Å². The van der Waals surface area contributed by atoms with Gasteiger partial charge in [0.05, 0.1) is 16.4 Å². The summed E-state index contributed by atoms with van der Waals surface area (Å²) in [5, 5.41) is 11.2. The Morgan fingerprint density at radius 3 is 2.46 bits per heavy atom. The molecule has 0 amide bonds. The number of para-hydroxylation sites is 1. The summed E-state index contributed by atoms with van der Waals surface area (Å²) in [6.07, 6.45) is 0. The molecule has 0 spiro atoms. The van der Waals surface area contributed by atoms with Crippen LogP contribution < -0.4 is 0 Å². The molecule has 126 valence electrons. The molecule has 1 aliphatic rings. The van der Waals surface area contributed by atoms with E-state index in [4.69, 9.17) is 0 Å². The van der Waals surface area contributed by atoms with E-state index >= 15 is 0 Å². The van der Waals surface area contributed by atoms with Crippen molar-refractivity contribution in [3.8, 4) is 0 Å². The summed E-state index contributed by atoms with van der Waals surface area (Å²) in [4.78, 5) is 12.8. The molecule has 0 radical (unpaired) electrons. The zero-order chi connectivity index (χ0) is 17.2. The van der Waals surface area contributed by atoms with Gasteiger partial charge >= 0.3 is 0 Å². The van der Waals surface area contributed by atoms with Gasteiger partial charge in [-0.25, -0.2) is 8.42 Å². The minimum atomic E-state index is -3.11. The van der Waals surface area contributed by atoms with E-state index in [1.807, 2.05) is 35.2 Å². The van der Waals surface area contributed by atoms with Crippen LogP contribution in [0.1, 0.15) is 17.2 Å². The van der Waals surface area contributed by atoms with Crippen LogP contribution in [0.5, 0.6) is 0 Å². The molecule has 1 saturated heterocycles. The fourth-order valence-corrected chi connectivity index (χ4v) is 4.62. The quantitative estimate of drug-likeness (QED) is 0.628. The van der Waals surface area contributed by atoms with E-state index in [0.717, 1.165) is 5.56 Å². The van der Waals surface area contributed by atoms with Crippen LogP contribution in [-0.4, -0.2) is 36.3 Å². The Labute approximate surface area is 140 Å². The van der Waals surface area contributed by atoms with Crippen molar-refractivity contribution in [3.05, 3.63) is 75.8 Å². The fourth-order valence-electron chi connectivity index (χ4n) is 3.05. The van der Waals surface area contributed by atoms with Crippen LogP contribution in [0.15, 0.2) is 54.6 Å². The Morgan fingerprint density at radius 2 is 1.75 bits per heavy atom. The van der Waals surface area contributed by atoms with Crippen LogP contribution in [0, 0.1) is 10.1 Å². The predicted molar refractivity (Wildman–Crippen MR) is 91.3 cm³/mol. The van der Waals surface area contributed by atoms with Gasteiger partial charge in [-0.05, 0) is 5.56 Å². The minimum absolute atomic E-state index is 0.0393. The molecule has 1 heterocycles. The third-order valence-corrected chi connectivity index (χ3v) is 5.92. The van der Waals surface area contributed by atoms with Crippen LogP contribution in [0.25, 0.3) is 0 Å². The lowest BCUT2D eigenvalue weighted by Gasteiger charge is -2.35. The molecule has 2 aromatic rings. The van der Waals surface area contributed by atoms with Gasteiger partial charge in [0.2, 0.25) is 0 Å². The summed E-state index contributed by atoms with van der Waals surface area (Å²) in [7, 11) is -3.11. The molecule has 0 N–H and O–H groups in total. The SMILES string of the molecule is O=[N+]([O-])c1ccccc1CN1CCS(=O)(=O)C[C@H]1c1ccccc1. The second-order valence-corrected chi connectivity index (χ2v) is 8.13. The third kappa shape index (κ3) is 3.63. The van der Waals surface area contributed by atoms with E-state index in [1.54, 1.807) is 18.2 Å². The number of nitro groups is 1. The molecule has 0 aromatic heterocycles. The molecule has 6 nitrogen and oxygen atoms in total. The third-order valence-electron chi connectivity index (χ3n) is 4.29. The van der Waals surface area contributed by atoms with Gasteiger partial charge in [0, 0.05) is 30.8 Å². The molecule has 24 heavy (non-hydrogen) atoms. The number of nitro benzene ring substituents is 1. The first-order chi connectivity index (χ1) is 11.5. The highest BCUT2D eigenvalue weighted by Crippen LogP contribution is 2.30. The van der Waals surface area contributed by atoms with E-state index in [-0.39, 0.29) is 23.2 Å². The van der Waals surface area contributed by atoms with E-state index in [2.05, 4.69) is 0 Å². The van der Waals surface area contributed by atoms with Crippen molar-refractivity contribution in [2.24, 2.45) is 0 Å². The van der Waals surface area contributed by atoms with Crippen LogP contribution >= 0.6 is 0 Å². The first kappa shape index (κ1) is 16.6. The lowest BCUT2D eigenvalue weighted by molar-refractivity contribution is -0.385. The number of rotatable bonds is 4. The van der Waals surface area contributed by atoms with Crippen molar-refractivity contribution in [1.29, 1.82) is 0 Å². The minimum Gasteiger partial charge on any atom is -0.290 e. The van der Waals surface area contributed by atoms with Gasteiger partial charge in [-0.1, -0.05) is 48.5 Å². The first-order valence-electron chi connectivity index (χ1n) is 7.68. The molecule has 1 atom stereocenters. The number of nitrogens with zero attached hydrogens (tertiary/aromatic N) is 2. The molecule has 1 fully saturated rings. The van der Waals surface area contributed by atoms with Gasteiger partial charge in [-0.15, -0.1) is 0 Å². The summed E-state index contributed by atoms with van der Waals surface area (Å²) < 4.78 is 24.1. The van der Waals surface area contributed by atoms with Gasteiger partial charge in [0.25, 0.3) is 5.69 Å². The first-order valence-corrected chi connectivity index (χ1v) is 9.50. The smallest absolute Gasteiger partial charge is 0.273 e. The fraction of sp³-hybridized carbons (Fsp3) is 0.294. The lowest BCUT2D eigenvalue weighted by atomic mass is 10.1. The average Bonchev–Trinajstić information content (AvgIpc) is 2.57. The summed E-state index contributed by atoms with van der Waals surface area (Å²) in [6.45, 7) is 0.722. The number of hydrogen-bond acceptors (Lipinski definition) is 5. The molecule has 0 saturated carbocycles. The van der Waals surface area contributed by atoms with Gasteiger partial charge in [-0.3, -0.25) is 15.0 Å². The highest BCUT2D eigenvalue weighted by Gasteiger charge is 2.33. The van der Waals surface area contributed by atoms with Gasteiger partial charge < -0.3 is 0 Å². The molecule has 2 aromatic carbocycles. The lowest BCUT2D eigenvalue weighted by Crippen LogP contribution is -2.42. The second-order valence-electron chi connectivity index (χ2n) is 5.90. The highest BCUT2D eigenvalue weighted by molar-refractivity contribution is 7.91. The molecular formula is C17H18N2O4S. The van der Waals surface area contributed by atoms with E-state index in [1.165, 1.54) is 6.07 Å². The van der Waals surface area contributed by atoms with Crippen LogP contribution in [0.4, 0.5) is 5.69 Å². The van der Waals surface area contributed by atoms with Crippen LogP contribution in [-0.2, 0) is 16.4 Å². The maximum atomic E-state index is 12.1. The van der Waals surface area contributed by atoms with Crippen molar-refractivity contribution in [2.45, 2.75) is 12.6 Å². The molecule has 7 heteroatoms. The zero-order valence-corrected chi connectivity index (χ0v) is 13.9. The van der Waals surface area contributed by atoms with Gasteiger partial charge in [0.1, 0.15) is 0 Å². The van der Waals surface area contributed by atoms with Crippen molar-refractivity contribution in [1.82, 2.24) is 4.90 Å². The maximum Gasteiger partial charge on any atom is 0.273 e. The van der Waals surface area contributed by atoms with Gasteiger partial charge in [0.15, 0.2) is 9.84 Å². The summed E-state index contributed by atoms with van der Waals surface area (Å²) in [6, 6.07) is 15.8. The second kappa shape index (κ2) is 6.70. The maximum absolute atomic E-state index is 12.1. The average molecular weight is 346 g/mol. The van der Waals surface area contributed by atoms with Gasteiger partial charge in [-0.2, -0.15) is 0 Å². The molecule has 3 rings (SSSR count). The number of sulfone groups is 1. The van der Waals surface area contributed by atoms with Crippen molar-refractivity contribution in [3.63, 3.8) is 0 Å². The number of benzene rings is 2. The molecule has 0 unspecified atom stereocenters. The topological polar surface area (TPSA) is 80.5 Å². The Bertz CT molecular complexity index is 837. The summed E-state index contributed by atoms with van der Waals surface area (Å²) >= 11 is 0. The Balaban J connectivity index is 1.92. The zero-order valence-electron chi connectivity index (χ0n) is 13.0. The molecular weight excluding hydrogens is 328 g/mol. The summed E-state index contributed by atoms with van der Waals surface area (Å²) in [5.41, 5.74) is 1.58. The van der Waals surface area contributed by atoms with Crippen molar-refractivity contribution < 1.29 is 13.3 Å². The van der Waals surface area contributed by atoms with E-state index in [9.17, 15) is 18.5 Å². The van der Waals surface area contributed by atoms with E-state index < -0.39 is 14.8 Å². The van der Waals surface area contributed by atoms with Crippen molar-refractivity contribution in [2.75, 3.05) is 18.1 Å². The standard InChI is InChI=1S/C17H18N2O4S/c20-19(21)16-9-5-4-8-15(16)12-18-10-11-24(22,23)13-17(18)14-6-2-1-3-7-14/h1-9,17H,10-13H2/t17-/m0/s1. The molecule has 0 bridgehead atoms. The Hall–Kier alpha value is -2.25. The summed E-state index contributed by atoms with van der Waals surface area (Å²) in [5.74, 6) is 0.120. The Morgan fingerprint density at radius 1 is 1.08 bits per heavy atom. The predicted octanol–water partition coefficient (Wildman–Crippen LogP) is 2.57. The molecule has 1 aliphatic heterocycles. The molecule has 0 aliphatic carbocycles. The monoisotopic (exact) mass is 346 g/mol. The van der Waals surface area contributed by atoms with E-state index in [0.29, 0.717) is 18.7 Å². The van der Waals surface area contributed by atoms with Crippen LogP contribution in [0.2, 0.25) is 0 Å². The van der Waals surface area contributed by atoms with Crippen molar-refractivity contribution >= 4 is 15.5 Å². The normalized spacial score (nSPS) is 20.6. The highest BCUT2D eigenvalue weighted by atomic mass is 32.2. The number of hydrogen-bond donors (Lipinski definition) is 0. The Kier molecular flexibility index (Phi) is 4.64. The largest absolute Gasteiger partial charge is 0.290 e.